The van der Waals surface area contributed by atoms with Gasteiger partial charge in [0.25, 0.3) is 0 Å². The van der Waals surface area contributed by atoms with E-state index in [0.717, 1.165) is 13.0 Å². The number of carbonyl (C=O) groups is 1. The third-order valence-corrected chi connectivity index (χ3v) is 5.47. The number of rotatable bonds is 7. The minimum absolute atomic E-state index is 0.148. The second-order valence-electron chi connectivity index (χ2n) is 6.23. The van der Waals surface area contributed by atoms with Gasteiger partial charge in [-0.05, 0) is 50.1 Å². The van der Waals surface area contributed by atoms with Gasteiger partial charge in [-0.3, -0.25) is 0 Å². The molecule has 140 valence electrons. The van der Waals surface area contributed by atoms with Crippen molar-refractivity contribution in [3.05, 3.63) is 24.3 Å². The molecule has 1 aliphatic heterocycles. The Balaban J connectivity index is 1.87. The zero-order valence-electron chi connectivity index (χ0n) is 14.3. The summed E-state index contributed by atoms with van der Waals surface area (Å²) in [6.45, 7) is 3.73. The van der Waals surface area contributed by atoms with Crippen molar-refractivity contribution < 1.29 is 18.3 Å². The second kappa shape index (κ2) is 8.61. The summed E-state index contributed by atoms with van der Waals surface area (Å²) in [6, 6.07) is 5.48. The van der Waals surface area contributed by atoms with Crippen LogP contribution in [0.1, 0.15) is 26.2 Å². The number of β-amino-alcohol motifs (C(OH)–C–C–N with tert-alkyl or cyclic N) is 1. The molecule has 2 rings (SSSR count). The zero-order valence-corrected chi connectivity index (χ0v) is 15.2. The number of hydrogen-bond acceptors (Lipinski definition) is 5. The summed E-state index contributed by atoms with van der Waals surface area (Å²) in [5, 5.41) is 18.7. The maximum absolute atomic E-state index is 12.0. The Bertz CT molecular complexity index is 670. The second-order valence-corrected chi connectivity index (χ2v) is 8.00. The van der Waals surface area contributed by atoms with Crippen molar-refractivity contribution in [2.24, 2.45) is 0 Å². The minimum Gasteiger partial charge on any atom is -0.387 e. The standard InChI is InChI=1S/C16H26N4O4S/c1-2-9-19-25(23,24)14-6-4-13(5-7-14)20-15(21)18-12-16(22)8-3-10-17-11-16/h4-7,17,19,22H,2-3,8-12H2,1H3,(H2,18,20,21)/t16-/m1/s1. The molecule has 0 spiro atoms. The summed E-state index contributed by atoms with van der Waals surface area (Å²) in [5.74, 6) is 0. The molecule has 1 aromatic rings. The average Bonchev–Trinajstić information content (AvgIpc) is 2.60. The van der Waals surface area contributed by atoms with Crippen LogP contribution in [0.15, 0.2) is 29.2 Å². The van der Waals surface area contributed by atoms with Crippen LogP contribution < -0.4 is 20.7 Å². The molecule has 0 unspecified atom stereocenters. The highest BCUT2D eigenvalue weighted by Gasteiger charge is 2.29. The third-order valence-electron chi connectivity index (χ3n) is 3.99. The van der Waals surface area contributed by atoms with E-state index in [4.69, 9.17) is 0 Å². The van der Waals surface area contributed by atoms with Gasteiger partial charge in [0, 0.05) is 25.3 Å². The lowest BCUT2D eigenvalue weighted by Gasteiger charge is -2.32. The number of carbonyl (C=O) groups excluding carboxylic acids is 1. The first-order valence-corrected chi connectivity index (χ1v) is 9.91. The van der Waals surface area contributed by atoms with Gasteiger partial charge in [-0.1, -0.05) is 6.92 Å². The van der Waals surface area contributed by atoms with E-state index in [2.05, 4.69) is 20.7 Å². The van der Waals surface area contributed by atoms with E-state index < -0.39 is 21.7 Å². The molecule has 0 saturated carbocycles. The number of hydrogen-bond donors (Lipinski definition) is 5. The Hall–Kier alpha value is -1.68. The van der Waals surface area contributed by atoms with Crippen LogP contribution in [0, 0.1) is 0 Å². The summed E-state index contributed by atoms with van der Waals surface area (Å²) in [4.78, 5) is 12.1. The number of urea groups is 1. The van der Waals surface area contributed by atoms with E-state index in [-0.39, 0.29) is 11.4 Å². The van der Waals surface area contributed by atoms with Crippen molar-refractivity contribution in [2.75, 3.05) is 31.5 Å². The molecule has 1 atom stereocenters. The highest BCUT2D eigenvalue weighted by molar-refractivity contribution is 7.89. The number of sulfonamides is 1. The van der Waals surface area contributed by atoms with Crippen molar-refractivity contribution in [3.63, 3.8) is 0 Å². The van der Waals surface area contributed by atoms with Gasteiger partial charge in [-0.25, -0.2) is 17.9 Å². The van der Waals surface area contributed by atoms with Gasteiger partial charge in [-0.15, -0.1) is 0 Å². The number of piperidine rings is 1. The molecule has 1 aliphatic rings. The highest BCUT2D eigenvalue weighted by Crippen LogP contribution is 2.16. The molecule has 5 N–H and O–H groups in total. The van der Waals surface area contributed by atoms with Crippen molar-refractivity contribution in [1.82, 2.24) is 15.4 Å². The molecule has 9 heteroatoms. The Kier molecular flexibility index (Phi) is 6.77. The quantitative estimate of drug-likeness (QED) is 0.482. The van der Waals surface area contributed by atoms with Gasteiger partial charge in [0.2, 0.25) is 10.0 Å². The Labute approximate surface area is 148 Å². The highest BCUT2D eigenvalue weighted by atomic mass is 32.2. The molecular formula is C16H26N4O4S. The number of nitrogens with one attached hydrogen (secondary N) is 4. The van der Waals surface area contributed by atoms with Crippen LogP contribution in [0.3, 0.4) is 0 Å². The topological polar surface area (TPSA) is 120 Å². The fourth-order valence-corrected chi connectivity index (χ4v) is 3.69. The maximum atomic E-state index is 12.0. The van der Waals surface area contributed by atoms with E-state index in [1.807, 2.05) is 6.92 Å². The van der Waals surface area contributed by atoms with Crippen molar-refractivity contribution in [3.8, 4) is 0 Å². The smallest absolute Gasteiger partial charge is 0.319 e. The van der Waals surface area contributed by atoms with Crippen LogP contribution in [0.5, 0.6) is 0 Å². The van der Waals surface area contributed by atoms with Gasteiger partial charge in [-0.2, -0.15) is 0 Å². The van der Waals surface area contributed by atoms with Crippen LogP contribution in [0.4, 0.5) is 10.5 Å². The largest absolute Gasteiger partial charge is 0.387 e. The van der Waals surface area contributed by atoms with Crippen LogP contribution in [0.25, 0.3) is 0 Å². The average molecular weight is 370 g/mol. The molecule has 2 amide bonds. The molecule has 1 aromatic carbocycles. The monoisotopic (exact) mass is 370 g/mol. The summed E-state index contributed by atoms with van der Waals surface area (Å²) in [6.07, 6.45) is 2.21. The van der Waals surface area contributed by atoms with Crippen LogP contribution in [0.2, 0.25) is 0 Å². The molecular weight excluding hydrogens is 344 g/mol. The predicted molar refractivity (Wildman–Crippen MR) is 96.0 cm³/mol. The molecule has 1 heterocycles. The maximum Gasteiger partial charge on any atom is 0.319 e. The Morgan fingerprint density at radius 2 is 2.04 bits per heavy atom. The lowest BCUT2D eigenvalue weighted by Crippen LogP contribution is -2.53. The first kappa shape index (κ1) is 19.6. The van der Waals surface area contributed by atoms with Crippen LogP contribution in [-0.2, 0) is 10.0 Å². The molecule has 25 heavy (non-hydrogen) atoms. The summed E-state index contributed by atoms with van der Waals surface area (Å²) >= 11 is 0. The molecule has 1 fully saturated rings. The summed E-state index contributed by atoms with van der Waals surface area (Å²) in [5.41, 5.74) is -0.459. The zero-order chi connectivity index (χ0) is 18.3. The molecule has 0 aromatic heterocycles. The molecule has 0 aliphatic carbocycles. The normalized spacial score (nSPS) is 20.9. The third kappa shape index (κ3) is 5.96. The SMILES string of the molecule is CCCNS(=O)(=O)c1ccc(NC(=O)NC[C@@]2(O)CCCNC2)cc1. The first-order chi connectivity index (χ1) is 11.8. The minimum atomic E-state index is -3.52. The number of amides is 2. The molecule has 8 nitrogen and oxygen atoms in total. The Morgan fingerprint density at radius 3 is 2.64 bits per heavy atom. The molecule has 0 bridgehead atoms. The van der Waals surface area contributed by atoms with Crippen LogP contribution in [-0.4, -0.2) is 51.3 Å². The van der Waals surface area contributed by atoms with Crippen molar-refractivity contribution in [2.45, 2.75) is 36.7 Å². The molecule has 0 radical (unpaired) electrons. The summed E-state index contributed by atoms with van der Waals surface area (Å²) < 4.78 is 26.5. The molecule has 1 saturated heterocycles. The van der Waals surface area contributed by atoms with E-state index in [9.17, 15) is 18.3 Å². The van der Waals surface area contributed by atoms with Gasteiger partial charge >= 0.3 is 6.03 Å². The van der Waals surface area contributed by atoms with Gasteiger partial charge < -0.3 is 21.1 Å². The van der Waals surface area contributed by atoms with E-state index in [1.54, 1.807) is 0 Å². The van der Waals surface area contributed by atoms with Crippen LogP contribution >= 0.6 is 0 Å². The lowest BCUT2D eigenvalue weighted by molar-refractivity contribution is 0.0198. The lowest BCUT2D eigenvalue weighted by atomic mass is 9.94. The van der Waals surface area contributed by atoms with Crippen molar-refractivity contribution in [1.29, 1.82) is 0 Å². The number of anilines is 1. The fourth-order valence-electron chi connectivity index (χ4n) is 2.56. The fraction of sp³-hybridized carbons (Fsp3) is 0.562. The van der Waals surface area contributed by atoms with Crippen molar-refractivity contribution >= 4 is 21.7 Å². The number of aliphatic hydroxyl groups is 1. The predicted octanol–water partition coefficient (Wildman–Crippen LogP) is 0.611. The van der Waals surface area contributed by atoms with E-state index >= 15 is 0 Å². The van der Waals surface area contributed by atoms with Gasteiger partial charge in [0.05, 0.1) is 10.5 Å². The first-order valence-electron chi connectivity index (χ1n) is 8.42. The van der Waals surface area contributed by atoms with Gasteiger partial charge in [0.1, 0.15) is 0 Å². The summed E-state index contributed by atoms with van der Waals surface area (Å²) in [7, 11) is -3.52. The van der Waals surface area contributed by atoms with Gasteiger partial charge in [0.15, 0.2) is 0 Å². The number of benzene rings is 1. The van der Waals surface area contributed by atoms with E-state index in [1.165, 1.54) is 24.3 Å². The van der Waals surface area contributed by atoms with E-state index in [0.29, 0.717) is 31.6 Å². The Morgan fingerprint density at radius 1 is 1.32 bits per heavy atom.